The van der Waals surface area contributed by atoms with Gasteiger partial charge in [0.2, 0.25) is 11.8 Å². The van der Waals surface area contributed by atoms with Crippen molar-refractivity contribution in [1.82, 2.24) is 9.80 Å². The number of phenols is 1. The van der Waals surface area contributed by atoms with Crippen LogP contribution in [0.5, 0.6) is 5.75 Å². The van der Waals surface area contributed by atoms with Gasteiger partial charge < -0.3 is 5.11 Å². The quantitative estimate of drug-likeness (QED) is 0.361. The first kappa shape index (κ1) is 24.4. The first-order valence-corrected chi connectivity index (χ1v) is 13.3. The maximum absolute atomic E-state index is 13.6. The Bertz CT molecular complexity index is 1440. The lowest BCUT2D eigenvalue weighted by molar-refractivity contribution is -0.141. The van der Waals surface area contributed by atoms with E-state index in [0.29, 0.717) is 35.9 Å². The van der Waals surface area contributed by atoms with Crippen molar-refractivity contribution in [1.29, 1.82) is 0 Å². The number of allylic oxidation sites excluding steroid dienone is 2. The highest BCUT2D eigenvalue weighted by Gasteiger charge is 2.76. The molecule has 9 heteroatoms. The number of hydrogen-bond donors (Lipinski definition) is 1. The van der Waals surface area contributed by atoms with E-state index in [1.807, 2.05) is 31.2 Å². The van der Waals surface area contributed by atoms with E-state index in [9.17, 15) is 24.3 Å². The average Bonchev–Trinajstić information content (AvgIpc) is 3.20. The van der Waals surface area contributed by atoms with Gasteiger partial charge in [-0.3, -0.25) is 29.0 Å². The molecule has 2 heterocycles. The summed E-state index contributed by atoms with van der Waals surface area (Å²) in [6.45, 7) is 2.23. The second-order valence-electron chi connectivity index (χ2n) is 10.6. The second kappa shape index (κ2) is 8.05. The molecule has 4 amide bonds. The maximum atomic E-state index is 13.6. The number of halogens is 2. The molecule has 2 aliphatic carbocycles. The first-order chi connectivity index (χ1) is 17.6. The molecule has 0 radical (unpaired) electrons. The smallest absolute Gasteiger partial charge is 0.253 e. The van der Waals surface area contributed by atoms with E-state index in [1.54, 1.807) is 18.2 Å². The van der Waals surface area contributed by atoms with E-state index in [4.69, 9.17) is 23.2 Å². The van der Waals surface area contributed by atoms with Crippen LogP contribution in [-0.4, -0.2) is 61.9 Å². The summed E-state index contributed by atoms with van der Waals surface area (Å²) >= 11 is 14.3. The van der Waals surface area contributed by atoms with Crippen molar-refractivity contribution in [2.24, 2.45) is 17.8 Å². The molecule has 1 saturated carbocycles. The molecular formula is C28H26Cl2N2O5. The summed E-state index contributed by atoms with van der Waals surface area (Å²) in [6, 6.07) is 10.8. The number of imide groups is 2. The fourth-order valence-electron chi connectivity index (χ4n) is 7.10. The lowest BCUT2D eigenvalue weighted by Gasteiger charge is -2.50. The summed E-state index contributed by atoms with van der Waals surface area (Å²) in [5.41, 5.74) is 1.04. The SMILES string of the molecule is CCCN1C(=O)C2CC=C3C(CC4(Cl)C(=O)N(C)C(=O)C4(Cl)C3c3ccc4ccccc4c3O)C2C1=O. The number of alkyl halides is 2. The molecule has 2 aliphatic heterocycles. The van der Waals surface area contributed by atoms with Crippen molar-refractivity contribution >= 4 is 57.6 Å². The van der Waals surface area contributed by atoms with Gasteiger partial charge in [0.1, 0.15) is 5.75 Å². The van der Waals surface area contributed by atoms with E-state index in [2.05, 4.69) is 0 Å². The Morgan fingerprint density at radius 3 is 2.46 bits per heavy atom. The summed E-state index contributed by atoms with van der Waals surface area (Å²) < 4.78 is 0. The van der Waals surface area contributed by atoms with Crippen LogP contribution < -0.4 is 0 Å². The van der Waals surface area contributed by atoms with E-state index in [1.165, 1.54) is 11.9 Å². The van der Waals surface area contributed by atoms with Crippen LogP contribution in [-0.2, 0) is 19.2 Å². The zero-order valence-corrected chi connectivity index (χ0v) is 21.9. The van der Waals surface area contributed by atoms with Gasteiger partial charge in [-0.05, 0) is 30.6 Å². The van der Waals surface area contributed by atoms with Gasteiger partial charge in [0.05, 0.1) is 11.8 Å². The van der Waals surface area contributed by atoms with Crippen LogP contribution in [0.15, 0.2) is 48.0 Å². The molecule has 6 unspecified atom stereocenters. The zero-order valence-electron chi connectivity index (χ0n) is 20.4. The fourth-order valence-corrected chi connectivity index (χ4v) is 8.11. The van der Waals surface area contributed by atoms with E-state index in [-0.39, 0.29) is 24.0 Å². The minimum atomic E-state index is -1.91. The van der Waals surface area contributed by atoms with Gasteiger partial charge in [-0.25, -0.2) is 0 Å². The number of carbonyl (C=O) groups excluding carboxylic acids is 4. The first-order valence-electron chi connectivity index (χ1n) is 12.5. The highest BCUT2D eigenvalue weighted by atomic mass is 35.5. The third kappa shape index (κ3) is 2.90. The summed E-state index contributed by atoms with van der Waals surface area (Å²) in [5, 5.41) is 12.8. The van der Waals surface area contributed by atoms with Crippen molar-refractivity contribution < 1.29 is 24.3 Å². The van der Waals surface area contributed by atoms with Crippen molar-refractivity contribution in [3.8, 4) is 5.75 Å². The van der Waals surface area contributed by atoms with Gasteiger partial charge in [-0.2, -0.15) is 0 Å². The number of benzene rings is 2. The van der Waals surface area contributed by atoms with Crippen molar-refractivity contribution in [2.75, 3.05) is 13.6 Å². The Morgan fingerprint density at radius 1 is 1.00 bits per heavy atom. The van der Waals surface area contributed by atoms with Crippen LogP contribution in [0.1, 0.15) is 37.7 Å². The van der Waals surface area contributed by atoms with E-state index >= 15 is 0 Å². The summed E-state index contributed by atoms with van der Waals surface area (Å²) in [5.74, 6) is -4.63. The molecule has 0 aromatic heterocycles. The molecule has 37 heavy (non-hydrogen) atoms. The molecule has 2 aromatic carbocycles. The largest absolute Gasteiger partial charge is 0.507 e. The normalized spacial score (nSPS) is 35.1. The van der Waals surface area contributed by atoms with Crippen LogP contribution >= 0.6 is 23.2 Å². The minimum absolute atomic E-state index is 0.0518. The average molecular weight is 541 g/mol. The Labute approximate surface area is 224 Å². The van der Waals surface area contributed by atoms with Crippen LogP contribution in [0.2, 0.25) is 0 Å². The van der Waals surface area contributed by atoms with Gasteiger partial charge in [0, 0.05) is 30.5 Å². The number of carbonyl (C=O) groups is 4. The van der Waals surface area contributed by atoms with Gasteiger partial charge >= 0.3 is 0 Å². The fraction of sp³-hybridized carbons (Fsp3) is 0.429. The van der Waals surface area contributed by atoms with E-state index in [0.717, 1.165) is 10.3 Å². The molecule has 6 rings (SSSR count). The third-order valence-corrected chi connectivity index (χ3v) is 10.2. The molecular weight excluding hydrogens is 515 g/mol. The molecule has 4 aliphatic rings. The molecule has 2 saturated heterocycles. The molecule has 0 bridgehead atoms. The highest BCUT2D eigenvalue weighted by Crippen LogP contribution is 2.66. The topological polar surface area (TPSA) is 95.0 Å². The Morgan fingerprint density at radius 2 is 1.73 bits per heavy atom. The molecule has 3 fully saturated rings. The minimum Gasteiger partial charge on any atom is -0.507 e. The monoisotopic (exact) mass is 540 g/mol. The molecule has 7 nitrogen and oxygen atoms in total. The van der Waals surface area contributed by atoms with Crippen LogP contribution in [0.3, 0.4) is 0 Å². The lowest BCUT2D eigenvalue weighted by Crippen LogP contribution is -2.60. The number of likely N-dealkylation sites (tertiary alicyclic amines) is 2. The van der Waals surface area contributed by atoms with Crippen molar-refractivity contribution in [2.45, 2.75) is 41.9 Å². The number of hydrogen-bond acceptors (Lipinski definition) is 5. The number of fused-ring (bicyclic) bond motifs is 5. The molecule has 0 spiro atoms. The zero-order chi connectivity index (χ0) is 26.4. The van der Waals surface area contributed by atoms with Crippen molar-refractivity contribution in [3.05, 3.63) is 53.6 Å². The number of nitrogens with zero attached hydrogens (tertiary/aromatic N) is 2. The standard InChI is InChI=1S/C28H26Cl2N2O5/c1-3-12-32-23(34)17-11-10-16-19(20(17)24(32)35)13-27(29)25(36)31(2)26(37)28(27,30)21(16)18-9-8-14-6-4-5-7-15(14)22(18)33/h4-10,17,19-21,33H,3,11-13H2,1-2H3. The van der Waals surface area contributed by atoms with Gasteiger partial charge in [0.15, 0.2) is 9.75 Å². The highest BCUT2D eigenvalue weighted by molar-refractivity contribution is 6.53. The number of amides is 4. The third-order valence-electron chi connectivity index (χ3n) is 8.80. The predicted octanol–water partition coefficient (Wildman–Crippen LogP) is 3.94. The molecule has 2 aromatic rings. The predicted molar refractivity (Wildman–Crippen MR) is 138 cm³/mol. The summed E-state index contributed by atoms with van der Waals surface area (Å²) in [6.07, 6.45) is 2.77. The van der Waals surface area contributed by atoms with E-state index < -0.39 is 45.2 Å². The van der Waals surface area contributed by atoms with Gasteiger partial charge in [-0.1, -0.05) is 55.0 Å². The molecule has 6 atom stereocenters. The maximum Gasteiger partial charge on any atom is 0.253 e. The number of aromatic hydroxyl groups is 1. The van der Waals surface area contributed by atoms with Crippen molar-refractivity contribution in [3.63, 3.8) is 0 Å². The summed E-state index contributed by atoms with van der Waals surface area (Å²) in [7, 11) is 1.35. The Balaban J connectivity index is 1.59. The second-order valence-corrected chi connectivity index (χ2v) is 11.8. The van der Waals surface area contributed by atoms with Crippen LogP contribution in [0, 0.1) is 17.8 Å². The number of rotatable bonds is 3. The van der Waals surface area contributed by atoms with Gasteiger partial charge in [-0.15, -0.1) is 23.2 Å². The van der Waals surface area contributed by atoms with Gasteiger partial charge in [0.25, 0.3) is 11.8 Å². The Hall–Kier alpha value is -2.90. The number of phenolic OH excluding ortho intramolecular Hbond substituents is 1. The van der Waals surface area contributed by atoms with Crippen LogP contribution in [0.4, 0.5) is 0 Å². The molecule has 192 valence electrons. The summed E-state index contributed by atoms with van der Waals surface area (Å²) in [4.78, 5) is 52.3. The Kier molecular flexibility index (Phi) is 5.32. The molecule has 1 N–H and O–H groups in total. The lowest BCUT2D eigenvalue weighted by atomic mass is 9.56. The van der Waals surface area contributed by atoms with Crippen LogP contribution in [0.25, 0.3) is 10.8 Å².